The molecule has 0 unspecified atom stereocenters. The summed E-state index contributed by atoms with van der Waals surface area (Å²) in [6.45, 7) is 1.89. The molecule has 6 heteroatoms. The van der Waals surface area contributed by atoms with Crippen molar-refractivity contribution in [3.05, 3.63) is 29.8 Å². The number of benzene rings is 1. The van der Waals surface area contributed by atoms with E-state index in [1.165, 1.54) is 0 Å². The van der Waals surface area contributed by atoms with Crippen LogP contribution in [0.4, 0.5) is 10.5 Å². The zero-order valence-electron chi connectivity index (χ0n) is 11.4. The van der Waals surface area contributed by atoms with Crippen molar-refractivity contribution in [2.45, 2.75) is 25.3 Å². The second kappa shape index (κ2) is 5.81. The number of amides is 2. The van der Waals surface area contributed by atoms with Gasteiger partial charge < -0.3 is 21.1 Å². The molecule has 0 bridgehead atoms. The van der Waals surface area contributed by atoms with Crippen molar-refractivity contribution in [3.8, 4) is 0 Å². The molecule has 0 spiro atoms. The van der Waals surface area contributed by atoms with Crippen LogP contribution in [0.15, 0.2) is 24.3 Å². The summed E-state index contributed by atoms with van der Waals surface area (Å²) in [5.74, 6) is -0.448. The first-order valence-corrected chi connectivity index (χ1v) is 6.63. The maximum atomic E-state index is 11.8. The van der Waals surface area contributed by atoms with Gasteiger partial charge in [-0.05, 0) is 37.5 Å². The third-order valence-corrected chi connectivity index (χ3v) is 3.24. The van der Waals surface area contributed by atoms with Crippen LogP contribution in [0.5, 0.6) is 0 Å². The van der Waals surface area contributed by atoms with Crippen LogP contribution < -0.4 is 16.4 Å². The zero-order chi connectivity index (χ0) is 14.6. The van der Waals surface area contributed by atoms with Crippen LogP contribution >= 0.6 is 0 Å². The van der Waals surface area contributed by atoms with E-state index in [9.17, 15) is 9.59 Å². The number of esters is 1. The molecule has 20 heavy (non-hydrogen) atoms. The second-order valence-electron chi connectivity index (χ2n) is 4.82. The molecule has 4 N–H and O–H groups in total. The van der Waals surface area contributed by atoms with E-state index in [0.29, 0.717) is 12.3 Å². The lowest BCUT2D eigenvalue weighted by molar-refractivity contribution is -0.141. The van der Waals surface area contributed by atoms with Gasteiger partial charge in [0.25, 0.3) is 0 Å². The minimum atomic E-state index is -0.448. The largest absolute Gasteiger partial charge is 0.465 e. The van der Waals surface area contributed by atoms with Crippen molar-refractivity contribution in [1.82, 2.24) is 10.6 Å². The smallest absolute Gasteiger partial charge is 0.325 e. The molecule has 0 atom stereocenters. The summed E-state index contributed by atoms with van der Waals surface area (Å²) < 4.78 is 4.74. The summed E-state index contributed by atoms with van der Waals surface area (Å²) in [6.07, 6.45) is 1.73. The Morgan fingerprint density at radius 1 is 1.40 bits per heavy atom. The highest BCUT2D eigenvalue weighted by atomic mass is 16.5. The summed E-state index contributed by atoms with van der Waals surface area (Å²) in [6, 6.07) is 7.09. The van der Waals surface area contributed by atoms with Gasteiger partial charge in [0.05, 0.1) is 12.1 Å². The molecular weight excluding hydrogens is 258 g/mol. The molecule has 0 aliphatic heterocycles. The lowest BCUT2D eigenvalue weighted by Gasteiger charge is -2.18. The van der Waals surface area contributed by atoms with E-state index in [-0.39, 0.29) is 18.1 Å². The van der Waals surface area contributed by atoms with Gasteiger partial charge in [-0.1, -0.05) is 12.1 Å². The third kappa shape index (κ3) is 3.40. The first kappa shape index (κ1) is 14.2. The van der Waals surface area contributed by atoms with E-state index in [1.54, 1.807) is 13.0 Å². The van der Waals surface area contributed by atoms with Gasteiger partial charge in [-0.2, -0.15) is 0 Å². The Morgan fingerprint density at radius 2 is 2.15 bits per heavy atom. The summed E-state index contributed by atoms with van der Waals surface area (Å²) in [5.41, 5.74) is 7.06. The molecule has 2 amide bonds. The van der Waals surface area contributed by atoms with E-state index in [4.69, 9.17) is 10.5 Å². The third-order valence-electron chi connectivity index (χ3n) is 3.24. The van der Waals surface area contributed by atoms with E-state index < -0.39 is 5.97 Å². The van der Waals surface area contributed by atoms with Crippen LogP contribution in [-0.4, -0.2) is 25.2 Å². The highest BCUT2D eigenvalue weighted by Gasteiger charge is 2.45. The molecule has 1 fully saturated rings. The normalized spacial score (nSPS) is 15.2. The molecule has 1 aliphatic rings. The second-order valence-corrected chi connectivity index (χ2v) is 4.82. The number of hydrogen-bond acceptors (Lipinski definition) is 4. The number of ether oxygens (including phenoxy) is 1. The Hall–Kier alpha value is -2.24. The first-order valence-electron chi connectivity index (χ1n) is 6.63. The molecule has 0 aromatic heterocycles. The monoisotopic (exact) mass is 277 g/mol. The Kier molecular flexibility index (Phi) is 4.12. The zero-order valence-corrected chi connectivity index (χ0v) is 11.4. The van der Waals surface area contributed by atoms with Crippen molar-refractivity contribution in [3.63, 3.8) is 0 Å². The maximum absolute atomic E-state index is 11.8. The average molecular weight is 277 g/mol. The Morgan fingerprint density at radius 3 is 2.75 bits per heavy atom. The van der Waals surface area contributed by atoms with Crippen LogP contribution in [0.3, 0.4) is 0 Å². The molecule has 1 aromatic rings. The molecule has 0 saturated heterocycles. The van der Waals surface area contributed by atoms with Gasteiger partial charge in [0.2, 0.25) is 0 Å². The number of carbonyl (C=O) groups excluding carboxylic acids is 2. The van der Waals surface area contributed by atoms with Gasteiger partial charge in [0, 0.05) is 5.69 Å². The standard InChI is InChI=1S/C14H19N3O3/c1-2-20-12(18)9-16-13(19)17-14(6-7-14)10-4-3-5-11(15)8-10/h3-5,8H,2,6-7,9,15H2,1H3,(H2,16,17,19). The molecule has 6 nitrogen and oxygen atoms in total. The van der Waals surface area contributed by atoms with Crippen molar-refractivity contribution in [1.29, 1.82) is 0 Å². The Bertz CT molecular complexity index is 512. The van der Waals surface area contributed by atoms with Crippen molar-refractivity contribution < 1.29 is 14.3 Å². The van der Waals surface area contributed by atoms with Gasteiger partial charge in [0.1, 0.15) is 6.54 Å². The van der Waals surface area contributed by atoms with Crippen LogP contribution in [0.25, 0.3) is 0 Å². The predicted molar refractivity (Wildman–Crippen MR) is 74.9 cm³/mol. The lowest BCUT2D eigenvalue weighted by Crippen LogP contribution is -2.44. The molecule has 1 saturated carbocycles. The summed E-state index contributed by atoms with van der Waals surface area (Å²) >= 11 is 0. The molecule has 0 radical (unpaired) electrons. The fourth-order valence-electron chi connectivity index (χ4n) is 2.07. The fourth-order valence-corrected chi connectivity index (χ4v) is 2.07. The topological polar surface area (TPSA) is 93.4 Å². The number of rotatable bonds is 5. The van der Waals surface area contributed by atoms with E-state index in [0.717, 1.165) is 18.4 Å². The van der Waals surface area contributed by atoms with Crippen molar-refractivity contribution >= 4 is 17.7 Å². The molecule has 2 rings (SSSR count). The van der Waals surface area contributed by atoms with Crippen LogP contribution in [0.1, 0.15) is 25.3 Å². The van der Waals surface area contributed by atoms with Crippen LogP contribution in [0, 0.1) is 0 Å². The van der Waals surface area contributed by atoms with Crippen molar-refractivity contribution in [2.24, 2.45) is 0 Å². The number of nitrogens with two attached hydrogens (primary N) is 1. The Balaban J connectivity index is 1.89. The summed E-state index contributed by atoms with van der Waals surface area (Å²) in [5, 5.41) is 5.39. The van der Waals surface area contributed by atoms with Gasteiger partial charge in [-0.25, -0.2) is 4.79 Å². The first-order chi connectivity index (χ1) is 9.55. The highest BCUT2D eigenvalue weighted by Crippen LogP contribution is 2.45. The molecule has 108 valence electrons. The number of nitrogens with one attached hydrogen (secondary N) is 2. The molecule has 0 heterocycles. The maximum Gasteiger partial charge on any atom is 0.325 e. The quantitative estimate of drug-likeness (QED) is 0.555. The van der Waals surface area contributed by atoms with Gasteiger partial charge in [-0.15, -0.1) is 0 Å². The number of nitrogen functional groups attached to an aromatic ring is 1. The van der Waals surface area contributed by atoms with E-state index >= 15 is 0 Å². The predicted octanol–water partition coefficient (Wildman–Crippen LogP) is 1.12. The SMILES string of the molecule is CCOC(=O)CNC(=O)NC1(c2cccc(N)c2)CC1. The van der Waals surface area contributed by atoms with Crippen molar-refractivity contribution in [2.75, 3.05) is 18.9 Å². The van der Waals surface area contributed by atoms with Crippen LogP contribution in [0.2, 0.25) is 0 Å². The summed E-state index contributed by atoms with van der Waals surface area (Å²) in [7, 11) is 0. The summed E-state index contributed by atoms with van der Waals surface area (Å²) in [4.78, 5) is 23.0. The van der Waals surface area contributed by atoms with Crippen LogP contribution in [-0.2, 0) is 15.1 Å². The molecule has 1 aromatic carbocycles. The average Bonchev–Trinajstić information content (AvgIpc) is 3.18. The minimum Gasteiger partial charge on any atom is -0.465 e. The minimum absolute atomic E-state index is 0.132. The number of hydrogen-bond donors (Lipinski definition) is 3. The number of anilines is 1. The van der Waals surface area contributed by atoms with E-state index in [1.807, 2.05) is 18.2 Å². The van der Waals surface area contributed by atoms with E-state index in [2.05, 4.69) is 10.6 Å². The Labute approximate surface area is 117 Å². The molecule has 1 aliphatic carbocycles. The lowest BCUT2D eigenvalue weighted by atomic mass is 10.0. The van der Waals surface area contributed by atoms with Gasteiger partial charge >= 0.3 is 12.0 Å². The highest BCUT2D eigenvalue weighted by molar-refractivity contribution is 5.81. The number of carbonyl (C=O) groups is 2. The fraction of sp³-hybridized carbons (Fsp3) is 0.429. The molecular formula is C14H19N3O3. The van der Waals surface area contributed by atoms with Gasteiger partial charge in [0.15, 0.2) is 0 Å². The number of urea groups is 1. The van der Waals surface area contributed by atoms with Gasteiger partial charge in [-0.3, -0.25) is 4.79 Å².